The van der Waals surface area contributed by atoms with Gasteiger partial charge in [0.25, 0.3) is 0 Å². The van der Waals surface area contributed by atoms with Crippen LogP contribution in [0.5, 0.6) is 0 Å². The van der Waals surface area contributed by atoms with Crippen LogP contribution < -0.4 is 0 Å². The summed E-state index contributed by atoms with van der Waals surface area (Å²) in [5, 5.41) is 0. The molecular weight excluding hydrogens is 257 g/mol. The van der Waals surface area contributed by atoms with Crippen LogP contribution in [0.1, 0.15) is 30.7 Å². The van der Waals surface area contributed by atoms with Gasteiger partial charge >= 0.3 is 5.97 Å². The Balaban J connectivity index is 1.97. The highest BCUT2D eigenvalue weighted by atomic mass is 19.1. The van der Waals surface area contributed by atoms with Crippen LogP contribution in [0.3, 0.4) is 0 Å². The molecule has 20 heavy (non-hydrogen) atoms. The Labute approximate surface area is 118 Å². The van der Waals surface area contributed by atoms with Crippen LogP contribution in [-0.4, -0.2) is 37.1 Å². The van der Waals surface area contributed by atoms with Gasteiger partial charge in [-0.25, -0.2) is 4.39 Å². The Hall–Kier alpha value is -1.42. The van der Waals surface area contributed by atoms with Gasteiger partial charge < -0.3 is 4.74 Å². The van der Waals surface area contributed by atoms with Gasteiger partial charge in [-0.1, -0.05) is 12.1 Å². The van der Waals surface area contributed by atoms with Crippen LogP contribution in [0.2, 0.25) is 0 Å². The standard InChI is InChI=1S/C16H20FNO2/c1-18-12-6-7-14(18)15(16(19)20-2)13(9-12)10-4-3-5-11(17)8-10/h3-5,8,12-15H,6-7,9H2,1-2H3/t12-,13-,14?,15?/m1/s1. The molecule has 0 aromatic heterocycles. The summed E-state index contributed by atoms with van der Waals surface area (Å²) in [6.07, 6.45) is 3.03. The molecule has 4 heteroatoms. The van der Waals surface area contributed by atoms with Gasteiger partial charge in [0, 0.05) is 18.0 Å². The zero-order valence-electron chi connectivity index (χ0n) is 11.9. The Kier molecular flexibility index (Phi) is 3.50. The zero-order chi connectivity index (χ0) is 14.3. The summed E-state index contributed by atoms with van der Waals surface area (Å²) in [5.74, 6) is -0.536. The predicted molar refractivity (Wildman–Crippen MR) is 73.8 cm³/mol. The normalized spacial score (nSPS) is 33.1. The maximum absolute atomic E-state index is 13.5. The van der Waals surface area contributed by atoms with E-state index in [1.807, 2.05) is 6.07 Å². The first-order valence-corrected chi connectivity index (χ1v) is 7.17. The fourth-order valence-corrected chi connectivity index (χ4v) is 4.00. The second kappa shape index (κ2) is 5.17. The molecule has 0 saturated carbocycles. The number of benzene rings is 1. The summed E-state index contributed by atoms with van der Waals surface area (Å²) in [5.41, 5.74) is 0.922. The molecule has 2 unspecified atom stereocenters. The van der Waals surface area contributed by atoms with Crippen LogP contribution in [-0.2, 0) is 9.53 Å². The Morgan fingerprint density at radius 1 is 1.40 bits per heavy atom. The van der Waals surface area contributed by atoms with Crippen molar-refractivity contribution in [2.24, 2.45) is 5.92 Å². The topological polar surface area (TPSA) is 29.5 Å². The lowest BCUT2D eigenvalue weighted by molar-refractivity contribution is -0.150. The van der Waals surface area contributed by atoms with Crippen molar-refractivity contribution in [1.29, 1.82) is 0 Å². The van der Waals surface area contributed by atoms with Crippen molar-refractivity contribution in [2.75, 3.05) is 14.2 Å². The van der Waals surface area contributed by atoms with Gasteiger partial charge in [0.1, 0.15) is 5.82 Å². The van der Waals surface area contributed by atoms with E-state index >= 15 is 0 Å². The lowest BCUT2D eigenvalue weighted by atomic mass is 9.76. The van der Waals surface area contributed by atoms with Crippen LogP contribution >= 0.6 is 0 Å². The Bertz CT molecular complexity index is 519. The second-order valence-electron chi connectivity index (χ2n) is 5.91. The number of piperidine rings is 1. The van der Waals surface area contributed by atoms with Crippen molar-refractivity contribution in [1.82, 2.24) is 4.90 Å². The average molecular weight is 277 g/mol. The van der Waals surface area contributed by atoms with E-state index in [4.69, 9.17) is 4.74 Å². The highest BCUT2D eigenvalue weighted by molar-refractivity contribution is 5.75. The minimum Gasteiger partial charge on any atom is -0.469 e. The molecular formula is C16H20FNO2. The van der Waals surface area contributed by atoms with Gasteiger partial charge in [0.15, 0.2) is 0 Å². The van der Waals surface area contributed by atoms with E-state index in [2.05, 4.69) is 11.9 Å². The third kappa shape index (κ3) is 2.12. The van der Waals surface area contributed by atoms with Gasteiger partial charge in [-0.2, -0.15) is 0 Å². The van der Waals surface area contributed by atoms with Gasteiger partial charge in [-0.15, -0.1) is 0 Å². The van der Waals surface area contributed by atoms with Gasteiger partial charge in [-0.3, -0.25) is 9.69 Å². The fourth-order valence-electron chi connectivity index (χ4n) is 4.00. The molecule has 108 valence electrons. The number of rotatable bonds is 2. The Morgan fingerprint density at radius 3 is 2.90 bits per heavy atom. The molecule has 1 aromatic rings. The molecule has 4 atom stereocenters. The lowest BCUT2D eigenvalue weighted by Crippen LogP contribution is -2.49. The number of carbonyl (C=O) groups is 1. The Morgan fingerprint density at radius 2 is 2.20 bits per heavy atom. The number of esters is 1. The number of carbonyl (C=O) groups excluding carboxylic acids is 1. The molecule has 2 heterocycles. The lowest BCUT2D eigenvalue weighted by Gasteiger charge is -2.41. The summed E-state index contributed by atoms with van der Waals surface area (Å²) in [7, 11) is 3.52. The van der Waals surface area contributed by atoms with Crippen molar-refractivity contribution in [3.05, 3.63) is 35.6 Å². The third-order valence-corrected chi connectivity index (χ3v) is 5.02. The monoisotopic (exact) mass is 277 g/mol. The predicted octanol–water partition coefficient (Wildman–Crippen LogP) is 2.57. The smallest absolute Gasteiger partial charge is 0.310 e. The van der Waals surface area contributed by atoms with Crippen molar-refractivity contribution in [3.8, 4) is 0 Å². The summed E-state index contributed by atoms with van der Waals surface area (Å²) < 4.78 is 18.5. The number of fused-ring (bicyclic) bond motifs is 2. The SMILES string of the molecule is COC(=O)C1C2CC[C@H](C[C@@H]1c1cccc(F)c1)N2C. The van der Waals surface area contributed by atoms with Crippen LogP contribution in [0.4, 0.5) is 4.39 Å². The van der Waals surface area contributed by atoms with E-state index in [1.54, 1.807) is 12.1 Å². The van der Waals surface area contributed by atoms with E-state index < -0.39 is 0 Å². The minimum atomic E-state index is -0.239. The quantitative estimate of drug-likeness (QED) is 0.778. The maximum Gasteiger partial charge on any atom is 0.310 e. The first kappa shape index (κ1) is 13.6. The molecule has 0 N–H and O–H groups in total. The summed E-state index contributed by atoms with van der Waals surface area (Å²) in [6, 6.07) is 7.36. The number of hydrogen-bond acceptors (Lipinski definition) is 3. The van der Waals surface area contributed by atoms with E-state index in [0.717, 1.165) is 24.8 Å². The van der Waals surface area contributed by atoms with E-state index in [-0.39, 0.29) is 29.7 Å². The molecule has 0 radical (unpaired) electrons. The van der Waals surface area contributed by atoms with Gasteiger partial charge in [0.05, 0.1) is 13.0 Å². The molecule has 3 nitrogen and oxygen atoms in total. The van der Waals surface area contributed by atoms with Gasteiger partial charge in [-0.05, 0) is 44.0 Å². The third-order valence-electron chi connectivity index (χ3n) is 5.02. The number of halogens is 1. The first-order valence-electron chi connectivity index (χ1n) is 7.17. The molecule has 0 spiro atoms. The molecule has 0 amide bonds. The number of ether oxygens (including phenoxy) is 1. The molecule has 2 aliphatic heterocycles. The maximum atomic E-state index is 13.5. The average Bonchev–Trinajstić information content (AvgIpc) is 2.69. The van der Waals surface area contributed by atoms with Crippen LogP contribution in [0.15, 0.2) is 24.3 Å². The van der Waals surface area contributed by atoms with Crippen molar-refractivity contribution in [2.45, 2.75) is 37.3 Å². The summed E-state index contributed by atoms with van der Waals surface area (Å²) in [6.45, 7) is 0. The first-order chi connectivity index (χ1) is 9.61. The van der Waals surface area contributed by atoms with Crippen LogP contribution in [0.25, 0.3) is 0 Å². The largest absolute Gasteiger partial charge is 0.469 e. The molecule has 2 saturated heterocycles. The number of nitrogens with zero attached hydrogens (tertiary/aromatic N) is 1. The number of hydrogen-bond donors (Lipinski definition) is 0. The van der Waals surface area contributed by atoms with Crippen molar-refractivity contribution >= 4 is 5.97 Å². The molecule has 1 aromatic carbocycles. The van der Waals surface area contributed by atoms with E-state index in [1.165, 1.54) is 13.2 Å². The van der Waals surface area contributed by atoms with Crippen LogP contribution in [0, 0.1) is 11.7 Å². The second-order valence-corrected chi connectivity index (χ2v) is 5.91. The highest BCUT2D eigenvalue weighted by Crippen LogP contribution is 2.46. The number of methoxy groups -OCH3 is 1. The highest BCUT2D eigenvalue weighted by Gasteiger charge is 2.49. The fraction of sp³-hybridized carbons (Fsp3) is 0.562. The molecule has 3 rings (SSSR count). The zero-order valence-corrected chi connectivity index (χ0v) is 11.9. The summed E-state index contributed by atoms with van der Waals surface area (Å²) >= 11 is 0. The van der Waals surface area contributed by atoms with E-state index in [0.29, 0.717) is 6.04 Å². The van der Waals surface area contributed by atoms with Crippen molar-refractivity contribution < 1.29 is 13.9 Å². The molecule has 0 aliphatic carbocycles. The molecule has 2 bridgehead atoms. The molecule has 2 aliphatic rings. The van der Waals surface area contributed by atoms with E-state index in [9.17, 15) is 9.18 Å². The molecule has 2 fully saturated rings. The minimum absolute atomic E-state index is 0.0619. The van der Waals surface area contributed by atoms with Gasteiger partial charge in [0.2, 0.25) is 0 Å². The van der Waals surface area contributed by atoms with Crippen molar-refractivity contribution in [3.63, 3.8) is 0 Å². The summed E-state index contributed by atoms with van der Waals surface area (Å²) in [4.78, 5) is 14.5.